The van der Waals surface area contributed by atoms with Crippen molar-refractivity contribution in [3.05, 3.63) is 29.8 Å². The second-order valence-corrected chi connectivity index (χ2v) is 4.55. The van der Waals surface area contributed by atoms with Crippen molar-refractivity contribution in [3.8, 4) is 0 Å². The van der Waals surface area contributed by atoms with E-state index in [1.54, 1.807) is 0 Å². The lowest BCUT2D eigenvalue weighted by atomic mass is 10.2. The summed E-state index contributed by atoms with van der Waals surface area (Å²) >= 11 is 0. The van der Waals surface area contributed by atoms with Crippen molar-refractivity contribution in [2.24, 2.45) is 0 Å². The van der Waals surface area contributed by atoms with Crippen LogP contribution in [-0.4, -0.2) is 16.4 Å². The van der Waals surface area contributed by atoms with E-state index in [0.29, 0.717) is 0 Å². The van der Waals surface area contributed by atoms with E-state index in [4.69, 9.17) is 4.43 Å². The largest absolute Gasteiger partial charge is 0.419 e. The first kappa shape index (κ1) is 9.48. The van der Waals surface area contributed by atoms with Gasteiger partial charge in [-0.05, 0) is 18.5 Å². The van der Waals surface area contributed by atoms with Crippen molar-refractivity contribution in [3.63, 3.8) is 0 Å². The molecule has 66 valence electrons. The molecule has 0 aliphatic heterocycles. The van der Waals surface area contributed by atoms with Crippen molar-refractivity contribution in [2.45, 2.75) is 20.3 Å². The second-order valence-electron chi connectivity index (χ2n) is 3.04. The third-order valence-electron chi connectivity index (χ3n) is 1.74. The van der Waals surface area contributed by atoms with Crippen molar-refractivity contribution >= 4 is 14.9 Å². The van der Waals surface area contributed by atoms with Gasteiger partial charge in [-0.1, -0.05) is 36.8 Å². The Balaban J connectivity index is 2.37. The molecule has 0 bridgehead atoms. The molecule has 0 aromatic heterocycles. The van der Waals surface area contributed by atoms with Crippen molar-refractivity contribution in [1.29, 1.82) is 0 Å². The zero-order chi connectivity index (χ0) is 8.81. The van der Waals surface area contributed by atoms with E-state index in [1.165, 1.54) is 10.8 Å². The van der Waals surface area contributed by atoms with Crippen LogP contribution in [-0.2, 0) is 4.43 Å². The van der Waals surface area contributed by atoms with Crippen LogP contribution >= 0.6 is 0 Å². The highest BCUT2D eigenvalue weighted by atomic mass is 28.2. The van der Waals surface area contributed by atoms with Crippen molar-refractivity contribution in [1.82, 2.24) is 0 Å². The predicted molar refractivity (Wildman–Crippen MR) is 55.6 cm³/mol. The Morgan fingerprint density at radius 3 is 2.50 bits per heavy atom. The molecule has 0 aliphatic rings. The Hall–Kier alpha value is -0.603. The van der Waals surface area contributed by atoms with E-state index in [0.717, 1.165) is 13.0 Å². The Morgan fingerprint density at radius 1 is 1.25 bits per heavy atom. The number of rotatable bonds is 4. The smallest absolute Gasteiger partial charge is 0.192 e. The van der Waals surface area contributed by atoms with Gasteiger partial charge in [-0.25, -0.2) is 0 Å². The van der Waals surface area contributed by atoms with Gasteiger partial charge in [0.15, 0.2) is 9.76 Å². The monoisotopic (exact) mass is 180 g/mol. The molecule has 12 heavy (non-hydrogen) atoms. The quantitative estimate of drug-likeness (QED) is 0.498. The SMILES string of the molecule is CCCO[SiH2]c1ccc(C)cc1. The molecule has 2 heteroatoms. The highest BCUT2D eigenvalue weighted by molar-refractivity contribution is 6.46. The van der Waals surface area contributed by atoms with Crippen LogP contribution in [0.15, 0.2) is 24.3 Å². The van der Waals surface area contributed by atoms with Crippen LogP contribution in [0.25, 0.3) is 0 Å². The Labute approximate surface area is 76.7 Å². The topological polar surface area (TPSA) is 9.23 Å². The summed E-state index contributed by atoms with van der Waals surface area (Å²) < 4.78 is 5.55. The average Bonchev–Trinajstić information content (AvgIpc) is 2.09. The third-order valence-corrected chi connectivity index (χ3v) is 3.04. The fraction of sp³-hybridized carbons (Fsp3) is 0.400. The summed E-state index contributed by atoms with van der Waals surface area (Å²) in [7, 11) is -0.438. The van der Waals surface area contributed by atoms with Gasteiger partial charge in [0.2, 0.25) is 0 Å². The van der Waals surface area contributed by atoms with Crippen LogP contribution in [0.2, 0.25) is 0 Å². The molecule has 1 rings (SSSR count). The van der Waals surface area contributed by atoms with E-state index in [2.05, 4.69) is 38.1 Å². The Morgan fingerprint density at radius 2 is 1.92 bits per heavy atom. The molecule has 0 saturated heterocycles. The first-order chi connectivity index (χ1) is 5.83. The highest BCUT2D eigenvalue weighted by Crippen LogP contribution is 1.92. The molecular weight excluding hydrogens is 164 g/mol. The summed E-state index contributed by atoms with van der Waals surface area (Å²) in [5.74, 6) is 0. The molecule has 0 atom stereocenters. The van der Waals surface area contributed by atoms with Gasteiger partial charge in [-0.3, -0.25) is 0 Å². The molecule has 1 aromatic rings. The van der Waals surface area contributed by atoms with Crippen LogP contribution < -0.4 is 5.19 Å². The standard InChI is InChI=1S/C10H16OSi/c1-3-8-11-12-10-6-4-9(2)5-7-10/h4-7H,3,8,12H2,1-2H3. The molecular formula is C10H16OSi. The maximum Gasteiger partial charge on any atom is 0.192 e. The lowest BCUT2D eigenvalue weighted by molar-refractivity contribution is 0.341. The van der Waals surface area contributed by atoms with Crippen LogP contribution in [0.3, 0.4) is 0 Å². The number of hydrogen-bond acceptors (Lipinski definition) is 1. The fourth-order valence-electron chi connectivity index (χ4n) is 1.02. The third kappa shape index (κ3) is 3.20. The van der Waals surface area contributed by atoms with E-state index in [9.17, 15) is 0 Å². The van der Waals surface area contributed by atoms with Crippen LogP contribution in [0.1, 0.15) is 18.9 Å². The van der Waals surface area contributed by atoms with E-state index in [-0.39, 0.29) is 0 Å². The fourth-order valence-corrected chi connectivity index (χ4v) is 2.12. The van der Waals surface area contributed by atoms with Gasteiger partial charge in [0.05, 0.1) is 0 Å². The summed E-state index contributed by atoms with van der Waals surface area (Å²) in [6, 6.07) is 8.66. The van der Waals surface area contributed by atoms with Crippen molar-refractivity contribution < 1.29 is 4.43 Å². The predicted octanol–water partition coefficient (Wildman–Crippen LogP) is 1.13. The summed E-state index contributed by atoms with van der Waals surface area (Å²) in [6.07, 6.45) is 1.12. The first-order valence-electron chi connectivity index (χ1n) is 4.46. The molecule has 0 fully saturated rings. The highest BCUT2D eigenvalue weighted by Gasteiger charge is 1.92. The van der Waals surface area contributed by atoms with Gasteiger partial charge in [0.25, 0.3) is 0 Å². The average molecular weight is 180 g/mol. The minimum Gasteiger partial charge on any atom is -0.419 e. The normalized spacial score (nSPS) is 11.2. The molecule has 0 saturated carbocycles. The molecule has 0 radical (unpaired) electrons. The van der Waals surface area contributed by atoms with E-state index >= 15 is 0 Å². The maximum atomic E-state index is 5.55. The van der Waals surface area contributed by atoms with Gasteiger partial charge < -0.3 is 4.43 Å². The summed E-state index contributed by atoms with van der Waals surface area (Å²) in [4.78, 5) is 0. The number of aryl methyl sites for hydroxylation is 1. The molecule has 0 amide bonds. The van der Waals surface area contributed by atoms with E-state index < -0.39 is 9.76 Å². The van der Waals surface area contributed by atoms with Crippen molar-refractivity contribution in [2.75, 3.05) is 6.61 Å². The number of hydrogen-bond donors (Lipinski definition) is 0. The van der Waals surface area contributed by atoms with Gasteiger partial charge in [0, 0.05) is 6.61 Å². The number of benzene rings is 1. The van der Waals surface area contributed by atoms with Crippen LogP contribution in [0.4, 0.5) is 0 Å². The molecule has 0 unspecified atom stereocenters. The molecule has 1 aromatic carbocycles. The molecule has 1 nitrogen and oxygen atoms in total. The van der Waals surface area contributed by atoms with Gasteiger partial charge in [0.1, 0.15) is 0 Å². The Bertz CT molecular complexity index is 218. The van der Waals surface area contributed by atoms with Gasteiger partial charge in [-0.2, -0.15) is 0 Å². The minimum absolute atomic E-state index is 0.438. The van der Waals surface area contributed by atoms with Crippen LogP contribution in [0.5, 0.6) is 0 Å². The zero-order valence-electron chi connectivity index (χ0n) is 7.84. The summed E-state index contributed by atoms with van der Waals surface area (Å²) in [5, 5.41) is 1.40. The van der Waals surface area contributed by atoms with E-state index in [1.807, 2.05) is 0 Å². The second kappa shape index (κ2) is 5.12. The Kier molecular flexibility index (Phi) is 4.04. The lowest BCUT2D eigenvalue weighted by Gasteiger charge is -2.01. The zero-order valence-corrected chi connectivity index (χ0v) is 9.25. The lowest BCUT2D eigenvalue weighted by Crippen LogP contribution is -2.17. The van der Waals surface area contributed by atoms with Gasteiger partial charge in [-0.15, -0.1) is 0 Å². The molecule has 0 spiro atoms. The van der Waals surface area contributed by atoms with Gasteiger partial charge >= 0.3 is 0 Å². The maximum absolute atomic E-state index is 5.55. The molecule has 0 N–H and O–H groups in total. The summed E-state index contributed by atoms with van der Waals surface area (Å²) in [6.45, 7) is 5.17. The molecule has 0 heterocycles. The minimum atomic E-state index is -0.438. The first-order valence-corrected chi connectivity index (χ1v) is 5.74. The summed E-state index contributed by atoms with van der Waals surface area (Å²) in [5.41, 5.74) is 1.32. The van der Waals surface area contributed by atoms with Crippen LogP contribution in [0, 0.1) is 6.92 Å². The molecule has 0 aliphatic carbocycles.